The molecule has 2 atom stereocenters. The first-order valence-electron chi connectivity index (χ1n) is 11.7. The smallest absolute Gasteiger partial charge is 0.463 e. The van der Waals surface area contributed by atoms with Gasteiger partial charge in [-0.1, -0.05) is 27.7 Å². The molecule has 0 radical (unpaired) electrons. The maximum absolute atomic E-state index is 12.0. The quantitative estimate of drug-likeness (QED) is 0.101. The Hall–Kier alpha value is -1.85. The molecule has 0 amide bonds. The molecule has 2 unspecified atom stereocenters. The van der Waals surface area contributed by atoms with Crippen LogP contribution in [0.2, 0.25) is 0 Å². The molecule has 0 bridgehead atoms. The van der Waals surface area contributed by atoms with Crippen LogP contribution in [-0.2, 0) is 51.7 Å². The Kier molecular flexibility index (Phi) is 18.3. The fraction of sp³-hybridized carbons (Fsp3) is 0.818. The van der Waals surface area contributed by atoms with E-state index < -0.39 is 38.4 Å². The number of carbonyl (C=O) groups is 4. The van der Waals surface area contributed by atoms with Crippen LogP contribution in [0.1, 0.15) is 66.2 Å². The highest BCUT2D eigenvalue weighted by atomic mass is 31.2. The number of ketones is 1. The molecular formula is C22H39O12P. The highest BCUT2D eigenvalue weighted by Crippen LogP contribution is 2.43. The van der Waals surface area contributed by atoms with Crippen LogP contribution in [0.4, 0.5) is 0 Å². The van der Waals surface area contributed by atoms with E-state index in [1.807, 2.05) is 13.8 Å². The number of hydrogen-bond acceptors (Lipinski definition) is 11. The molecule has 0 aromatic heterocycles. The number of hydrogen-bond donors (Lipinski definition) is 1. The lowest BCUT2D eigenvalue weighted by Gasteiger charge is -2.19. The monoisotopic (exact) mass is 526 g/mol. The summed E-state index contributed by atoms with van der Waals surface area (Å²) in [5.74, 6) is -1.46. The van der Waals surface area contributed by atoms with Crippen LogP contribution >= 0.6 is 7.82 Å². The van der Waals surface area contributed by atoms with Gasteiger partial charge in [0.2, 0.25) is 0 Å². The van der Waals surface area contributed by atoms with Crippen molar-refractivity contribution in [1.82, 2.24) is 0 Å². The first-order chi connectivity index (χ1) is 16.5. The predicted molar refractivity (Wildman–Crippen MR) is 123 cm³/mol. The van der Waals surface area contributed by atoms with E-state index in [4.69, 9.17) is 28.0 Å². The minimum Gasteiger partial charge on any atom is -0.463 e. The van der Waals surface area contributed by atoms with E-state index in [2.05, 4.69) is 0 Å². The first-order valence-corrected chi connectivity index (χ1v) is 13.2. The molecule has 12 nitrogen and oxygen atoms in total. The van der Waals surface area contributed by atoms with Gasteiger partial charge in [0.15, 0.2) is 6.10 Å². The van der Waals surface area contributed by atoms with E-state index in [0.717, 1.165) is 0 Å². The molecule has 0 aliphatic carbocycles. The molecular weight excluding hydrogens is 487 g/mol. The third-order valence-electron chi connectivity index (χ3n) is 4.36. The van der Waals surface area contributed by atoms with Crippen LogP contribution in [0.25, 0.3) is 0 Å². The Morgan fingerprint density at radius 3 is 2.06 bits per heavy atom. The van der Waals surface area contributed by atoms with Crippen molar-refractivity contribution >= 4 is 31.5 Å². The summed E-state index contributed by atoms with van der Waals surface area (Å²) in [4.78, 5) is 55.7. The van der Waals surface area contributed by atoms with Gasteiger partial charge in [-0.2, -0.15) is 0 Å². The van der Waals surface area contributed by atoms with Crippen molar-refractivity contribution in [2.24, 2.45) is 5.92 Å². The molecule has 0 heterocycles. The lowest BCUT2D eigenvalue weighted by atomic mass is 10.1. The van der Waals surface area contributed by atoms with Gasteiger partial charge in [0.05, 0.1) is 19.8 Å². The average molecular weight is 527 g/mol. The number of Topliss-reactive ketones (excluding diaryl/α,β-unsaturated/α-hetero) is 1. The van der Waals surface area contributed by atoms with Crippen molar-refractivity contribution in [1.29, 1.82) is 0 Å². The molecule has 35 heavy (non-hydrogen) atoms. The van der Waals surface area contributed by atoms with E-state index in [0.29, 0.717) is 19.4 Å². The highest BCUT2D eigenvalue weighted by Gasteiger charge is 2.25. The predicted octanol–water partition coefficient (Wildman–Crippen LogP) is 2.74. The summed E-state index contributed by atoms with van der Waals surface area (Å²) in [6.07, 6.45) is 0.221. The number of esters is 3. The standard InChI is InChI=1S/C22H39O12P/c1-5-20(24)31-15-18(34-21(25)6-2)16-33-35(27,28)32-12-8-10-22(26)30-14-13-29-11-7-9-19(23)17(3)4/h17-18H,5-16H2,1-4H3,(H,27,28). The summed E-state index contributed by atoms with van der Waals surface area (Å²) in [5.41, 5.74) is 0. The zero-order valence-electron chi connectivity index (χ0n) is 21.0. The van der Waals surface area contributed by atoms with Gasteiger partial charge >= 0.3 is 25.7 Å². The van der Waals surface area contributed by atoms with Crippen LogP contribution in [-0.4, -0.2) is 74.3 Å². The van der Waals surface area contributed by atoms with E-state index in [1.165, 1.54) is 0 Å². The summed E-state index contributed by atoms with van der Waals surface area (Å²) in [6.45, 7) is 6.39. The van der Waals surface area contributed by atoms with Crippen molar-refractivity contribution < 1.29 is 56.6 Å². The van der Waals surface area contributed by atoms with Crippen molar-refractivity contribution in [3.63, 3.8) is 0 Å². The lowest BCUT2D eigenvalue weighted by Crippen LogP contribution is -2.29. The Morgan fingerprint density at radius 1 is 0.771 bits per heavy atom. The number of carbonyl (C=O) groups excluding carboxylic acids is 4. The number of phosphoric acid groups is 1. The molecule has 0 fully saturated rings. The van der Waals surface area contributed by atoms with Crippen molar-refractivity contribution in [3.05, 3.63) is 0 Å². The normalized spacial score (nSPS) is 13.7. The van der Waals surface area contributed by atoms with E-state index >= 15 is 0 Å². The van der Waals surface area contributed by atoms with E-state index in [9.17, 15) is 28.6 Å². The third kappa shape index (κ3) is 19.1. The maximum atomic E-state index is 12.0. The second-order valence-electron chi connectivity index (χ2n) is 7.76. The number of phosphoric ester groups is 1. The molecule has 0 saturated carbocycles. The molecule has 204 valence electrons. The average Bonchev–Trinajstić information content (AvgIpc) is 2.82. The minimum absolute atomic E-state index is 0.00531. The summed E-state index contributed by atoms with van der Waals surface area (Å²) in [5, 5.41) is 0. The third-order valence-corrected chi connectivity index (χ3v) is 5.34. The minimum atomic E-state index is -4.49. The lowest BCUT2D eigenvalue weighted by molar-refractivity contribution is -0.160. The molecule has 0 aliphatic rings. The number of ether oxygens (including phenoxy) is 4. The topological polar surface area (TPSA) is 161 Å². The molecule has 0 aromatic rings. The first kappa shape index (κ1) is 33.1. The molecule has 13 heteroatoms. The van der Waals surface area contributed by atoms with Gasteiger partial charge in [-0.05, 0) is 12.8 Å². The van der Waals surface area contributed by atoms with Gasteiger partial charge < -0.3 is 23.8 Å². The van der Waals surface area contributed by atoms with E-state index in [-0.39, 0.29) is 63.8 Å². The van der Waals surface area contributed by atoms with Crippen molar-refractivity contribution in [3.8, 4) is 0 Å². The van der Waals surface area contributed by atoms with Gasteiger partial charge in [0, 0.05) is 38.2 Å². The zero-order valence-corrected chi connectivity index (χ0v) is 21.9. The van der Waals surface area contributed by atoms with Crippen LogP contribution < -0.4 is 0 Å². The SMILES string of the molecule is CCC(=O)OCC(COP(=O)(O)OCCCC(=O)OCCOCCCC(=O)C(C)C)OC(=O)CC. The fourth-order valence-corrected chi connectivity index (χ4v) is 3.10. The van der Waals surface area contributed by atoms with Gasteiger partial charge in [0.25, 0.3) is 0 Å². The Bertz CT molecular complexity index is 694. The second-order valence-corrected chi connectivity index (χ2v) is 9.21. The van der Waals surface area contributed by atoms with Crippen LogP contribution in [0.5, 0.6) is 0 Å². The molecule has 0 saturated heterocycles. The summed E-state index contributed by atoms with van der Waals surface area (Å²) in [7, 11) is -4.49. The Morgan fingerprint density at radius 2 is 1.43 bits per heavy atom. The molecule has 1 N–H and O–H groups in total. The summed E-state index contributed by atoms with van der Waals surface area (Å²) < 4.78 is 41.8. The second kappa shape index (κ2) is 19.4. The molecule has 0 aromatic carbocycles. The van der Waals surface area contributed by atoms with Crippen LogP contribution in [0, 0.1) is 5.92 Å². The molecule has 0 aliphatic heterocycles. The van der Waals surface area contributed by atoms with Crippen molar-refractivity contribution in [2.75, 3.05) is 39.6 Å². The van der Waals surface area contributed by atoms with Crippen molar-refractivity contribution in [2.45, 2.75) is 72.3 Å². The highest BCUT2D eigenvalue weighted by molar-refractivity contribution is 7.47. The van der Waals surface area contributed by atoms with Gasteiger partial charge in [0.1, 0.15) is 19.0 Å². The Balaban J connectivity index is 4.05. The fourth-order valence-electron chi connectivity index (χ4n) is 2.31. The van der Waals surface area contributed by atoms with Gasteiger partial charge in [-0.3, -0.25) is 28.2 Å². The molecule has 0 rings (SSSR count). The van der Waals surface area contributed by atoms with Gasteiger partial charge in [-0.15, -0.1) is 0 Å². The van der Waals surface area contributed by atoms with Crippen LogP contribution in [0.15, 0.2) is 0 Å². The maximum Gasteiger partial charge on any atom is 0.472 e. The van der Waals surface area contributed by atoms with E-state index in [1.54, 1.807) is 13.8 Å². The zero-order chi connectivity index (χ0) is 26.7. The summed E-state index contributed by atoms with van der Waals surface area (Å²) >= 11 is 0. The largest absolute Gasteiger partial charge is 0.472 e. The van der Waals surface area contributed by atoms with Crippen LogP contribution in [0.3, 0.4) is 0 Å². The Labute approximate surface area is 206 Å². The number of rotatable bonds is 21. The summed E-state index contributed by atoms with van der Waals surface area (Å²) in [6, 6.07) is 0. The molecule has 0 spiro atoms. The van der Waals surface area contributed by atoms with Gasteiger partial charge in [-0.25, -0.2) is 4.57 Å².